The molecule has 0 heterocycles. The van der Waals surface area contributed by atoms with Gasteiger partial charge in [-0.25, -0.2) is 0 Å². The van der Waals surface area contributed by atoms with Crippen molar-refractivity contribution in [1.29, 1.82) is 0 Å². The lowest BCUT2D eigenvalue weighted by Gasteiger charge is -2.36. The second-order valence-electron chi connectivity index (χ2n) is 6.58. The SMILES string of the molecule is Cc1ccccc1C(CN)OC1CCC(C)(C)CC1. The van der Waals surface area contributed by atoms with Gasteiger partial charge in [-0.2, -0.15) is 0 Å². The highest BCUT2D eigenvalue weighted by molar-refractivity contribution is 5.28. The van der Waals surface area contributed by atoms with Gasteiger partial charge in [0.25, 0.3) is 0 Å². The minimum atomic E-state index is 0.0485. The molecule has 2 nitrogen and oxygen atoms in total. The van der Waals surface area contributed by atoms with Crippen LogP contribution in [0.25, 0.3) is 0 Å². The Morgan fingerprint density at radius 3 is 2.47 bits per heavy atom. The normalized spacial score (nSPS) is 21.3. The average Bonchev–Trinajstić information content (AvgIpc) is 2.39. The summed E-state index contributed by atoms with van der Waals surface area (Å²) < 4.78 is 6.28. The van der Waals surface area contributed by atoms with Gasteiger partial charge in [0.2, 0.25) is 0 Å². The van der Waals surface area contributed by atoms with E-state index in [2.05, 4.69) is 45.0 Å². The molecule has 1 aromatic carbocycles. The molecule has 0 bridgehead atoms. The minimum Gasteiger partial charge on any atom is -0.369 e. The Kier molecular flexibility index (Phi) is 4.64. The quantitative estimate of drug-likeness (QED) is 0.889. The maximum absolute atomic E-state index is 6.28. The van der Waals surface area contributed by atoms with Gasteiger partial charge < -0.3 is 10.5 Å². The van der Waals surface area contributed by atoms with Gasteiger partial charge in [-0.05, 0) is 49.1 Å². The molecular weight excluding hydrogens is 234 g/mol. The van der Waals surface area contributed by atoms with E-state index in [1.807, 2.05) is 0 Å². The van der Waals surface area contributed by atoms with Gasteiger partial charge in [0.15, 0.2) is 0 Å². The number of nitrogens with two attached hydrogens (primary N) is 1. The van der Waals surface area contributed by atoms with Crippen LogP contribution in [0.2, 0.25) is 0 Å². The molecule has 0 radical (unpaired) electrons. The van der Waals surface area contributed by atoms with Crippen LogP contribution in [0, 0.1) is 12.3 Å². The lowest BCUT2D eigenvalue weighted by Crippen LogP contribution is -2.29. The highest BCUT2D eigenvalue weighted by Crippen LogP contribution is 2.37. The van der Waals surface area contributed by atoms with Crippen molar-refractivity contribution >= 4 is 0 Å². The molecule has 1 atom stereocenters. The van der Waals surface area contributed by atoms with Crippen molar-refractivity contribution in [3.05, 3.63) is 35.4 Å². The number of rotatable bonds is 4. The van der Waals surface area contributed by atoms with Gasteiger partial charge in [0.05, 0.1) is 12.2 Å². The van der Waals surface area contributed by atoms with E-state index < -0.39 is 0 Å². The largest absolute Gasteiger partial charge is 0.369 e. The van der Waals surface area contributed by atoms with Gasteiger partial charge in [0.1, 0.15) is 0 Å². The van der Waals surface area contributed by atoms with E-state index in [1.54, 1.807) is 0 Å². The lowest BCUT2D eigenvalue weighted by molar-refractivity contribution is -0.0431. The molecule has 2 heteroatoms. The number of aryl methyl sites for hydroxylation is 1. The molecule has 0 saturated heterocycles. The number of benzene rings is 1. The molecule has 19 heavy (non-hydrogen) atoms. The number of ether oxygens (including phenoxy) is 1. The topological polar surface area (TPSA) is 35.2 Å². The van der Waals surface area contributed by atoms with Crippen molar-refractivity contribution in [3.8, 4) is 0 Å². The third-order valence-corrected chi connectivity index (χ3v) is 4.39. The van der Waals surface area contributed by atoms with E-state index in [0.717, 1.165) is 12.8 Å². The van der Waals surface area contributed by atoms with Crippen molar-refractivity contribution in [3.63, 3.8) is 0 Å². The summed E-state index contributed by atoms with van der Waals surface area (Å²) in [7, 11) is 0. The summed E-state index contributed by atoms with van der Waals surface area (Å²) in [6.07, 6.45) is 5.25. The molecule has 1 fully saturated rings. The van der Waals surface area contributed by atoms with Crippen molar-refractivity contribution in [2.24, 2.45) is 11.1 Å². The van der Waals surface area contributed by atoms with Gasteiger partial charge >= 0.3 is 0 Å². The second-order valence-corrected chi connectivity index (χ2v) is 6.58. The molecule has 1 aliphatic rings. The van der Waals surface area contributed by atoms with Crippen LogP contribution >= 0.6 is 0 Å². The van der Waals surface area contributed by atoms with E-state index in [-0.39, 0.29) is 6.10 Å². The Morgan fingerprint density at radius 2 is 1.89 bits per heavy atom. The fourth-order valence-corrected chi connectivity index (χ4v) is 2.95. The Hall–Kier alpha value is -0.860. The summed E-state index contributed by atoms with van der Waals surface area (Å²) in [6.45, 7) is 7.39. The first-order chi connectivity index (χ1) is 9.02. The smallest absolute Gasteiger partial charge is 0.0953 e. The summed E-state index contributed by atoms with van der Waals surface area (Å²) in [6, 6.07) is 8.40. The zero-order valence-electron chi connectivity index (χ0n) is 12.5. The first-order valence-electron chi connectivity index (χ1n) is 7.43. The van der Waals surface area contributed by atoms with Crippen LogP contribution < -0.4 is 5.73 Å². The fraction of sp³-hybridized carbons (Fsp3) is 0.647. The van der Waals surface area contributed by atoms with Crippen molar-refractivity contribution in [2.75, 3.05) is 6.54 Å². The molecule has 2 rings (SSSR count). The van der Waals surface area contributed by atoms with Crippen molar-refractivity contribution < 1.29 is 4.74 Å². The fourth-order valence-electron chi connectivity index (χ4n) is 2.95. The number of hydrogen-bond donors (Lipinski definition) is 1. The van der Waals surface area contributed by atoms with Gasteiger partial charge in [-0.1, -0.05) is 38.1 Å². The predicted molar refractivity (Wildman–Crippen MR) is 80.1 cm³/mol. The van der Waals surface area contributed by atoms with Crippen LogP contribution in [0.15, 0.2) is 24.3 Å². The zero-order chi connectivity index (χ0) is 13.9. The van der Waals surface area contributed by atoms with Crippen LogP contribution in [-0.4, -0.2) is 12.6 Å². The van der Waals surface area contributed by atoms with Crippen LogP contribution in [0.1, 0.15) is 56.8 Å². The second kappa shape index (κ2) is 6.06. The Morgan fingerprint density at radius 1 is 1.26 bits per heavy atom. The zero-order valence-corrected chi connectivity index (χ0v) is 12.5. The first kappa shape index (κ1) is 14.5. The molecule has 0 spiro atoms. The third-order valence-electron chi connectivity index (χ3n) is 4.39. The Balaban J connectivity index is 1.99. The molecular formula is C17H27NO. The van der Waals surface area contributed by atoms with Crippen LogP contribution in [0.3, 0.4) is 0 Å². The van der Waals surface area contributed by atoms with Gasteiger partial charge in [-0.15, -0.1) is 0 Å². The van der Waals surface area contributed by atoms with Crippen LogP contribution in [-0.2, 0) is 4.74 Å². The first-order valence-corrected chi connectivity index (χ1v) is 7.43. The Labute approximate surface area is 117 Å². The number of hydrogen-bond acceptors (Lipinski definition) is 2. The molecule has 1 unspecified atom stereocenters. The van der Waals surface area contributed by atoms with Crippen LogP contribution in [0.4, 0.5) is 0 Å². The maximum Gasteiger partial charge on any atom is 0.0953 e. The van der Waals surface area contributed by atoms with Gasteiger partial charge in [0, 0.05) is 6.54 Å². The molecule has 2 N–H and O–H groups in total. The Bertz CT molecular complexity index is 403. The molecule has 106 valence electrons. The van der Waals surface area contributed by atoms with E-state index in [4.69, 9.17) is 10.5 Å². The predicted octanol–water partition coefficient (Wildman–Crippen LogP) is 3.98. The van der Waals surface area contributed by atoms with Gasteiger partial charge in [-0.3, -0.25) is 0 Å². The van der Waals surface area contributed by atoms with E-state index >= 15 is 0 Å². The monoisotopic (exact) mass is 261 g/mol. The standard InChI is InChI=1S/C17H27NO/c1-13-6-4-5-7-15(13)16(12-18)19-14-8-10-17(2,3)11-9-14/h4-7,14,16H,8-12,18H2,1-3H3. The third kappa shape index (κ3) is 3.80. The van der Waals surface area contributed by atoms with E-state index in [0.29, 0.717) is 18.1 Å². The summed E-state index contributed by atoms with van der Waals surface area (Å²) in [4.78, 5) is 0. The molecule has 1 aliphatic carbocycles. The van der Waals surface area contributed by atoms with Crippen molar-refractivity contribution in [1.82, 2.24) is 0 Å². The van der Waals surface area contributed by atoms with E-state index in [1.165, 1.54) is 24.0 Å². The molecule has 0 aromatic heterocycles. The molecule has 0 amide bonds. The summed E-state index contributed by atoms with van der Waals surface area (Å²) >= 11 is 0. The average molecular weight is 261 g/mol. The lowest BCUT2D eigenvalue weighted by atomic mass is 9.76. The molecule has 1 aromatic rings. The maximum atomic E-state index is 6.28. The summed E-state index contributed by atoms with van der Waals surface area (Å²) in [5, 5.41) is 0. The highest BCUT2D eigenvalue weighted by Gasteiger charge is 2.29. The highest BCUT2D eigenvalue weighted by atomic mass is 16.5. The van der Waals surface area contributed by atoms with Crippen molar-refractivity contribution in [2.45, 2.75) is 58.7 Å². The minimum absolute atomic E-state index is 0.0485. The molecule has 0 aliphatic heterocycles. The summed E-state index contributed by atoms with van der Waals surface area (Å²) in [5.41, 5.74) is 8.92. The summed E-state index contributed by atoms with van der Waals surface area (Å²) in [5.74, 6) is 0. The van der Waals surface area contributed by atoms with Crippen LogP contribution in [0.5, 0.6) is 0 Å². The van der Waals surface area contributed by atoms with E-state index in [9.17, 15) is 0 Å². The molecule has 1 saturated carbocycles.